The molecule has 0 fully saturated rings. The fraction of sp³-hybridized carbons (Fsp3) is 0.600. The van der Waals surface area contributed by atoms with Crippen LogP contribution < -0.4 is 0 Å². The summed E-state index contributed by atoms with van der Waals surface area (Å²) in [5, 5.41) is 10.3. The molecule has 22 heavy (non-hydrogen) atoms. The van der Waals surface area contributed by atoms with Crippen molar-refractivity contribution >= 4 is 35.0 Å². The van der Waals surface area contributed by atoms with Crippen LogP contribution in [0.1, 0.15) is 53.6 Å². The number of fused-ring (bicyclic) bond motifs is 1. The molecule has 0 spiro atoms. The number of aliphatic hydroxyl groups is 1. The first-order valence-corrected chi connectivity index (χ1v) is 9.17. The number of ether oxygens (including phenoxy) is 2. The minimum absolute atomic E-state index is 0.176. The number of rotatable bonds is 6. The summed E-state index contributed by atoms with van der Waals surface area (Å²) < 4.78 is 10.8. The van der Waals surface area contributed by atoms with Crippen molar-refractivity contribution < 1.29 is 24.2 Å². The molecule has 0 radical (unpaired) electrons. The summed E-state index contributed by atoms with van der Waals surface area (Å²) in [6.45, 7) is 4.19. The number of carbonyl (C=O) groups is 2. The third kappa shape index (κ3) is 3.83. The predicted octanol–water partition coefficient (Wildman–Crippen LogP) is 2.95. The van der Waals surface area contributed by atoms with E-state index in [4.69, 9.17) is 9.47 Å². The van der Waals surface area contributed by atoms with Crippen molar-refractivity contribution in [2.45, 2.75) is 43.4 Å². The molecule has 0 saturated carbocycles. The second kappa shape index (κ2) is 7.99. The van der Waals surface area contributed by atoms with Gasteiger partial charge in [-0.3, -0.25) is 4.79 Å². The van der Waals surface area contributed by atoms with E-state index in [1.807, 2.05) is 0 Å². The normalized spacial score (nSPS) is 17.0. The fourth-order valence-electron chi connectivity index (χ4n) is 2.45. The van der Waals surface area contributed by atoms with Crippen molar-refractivity contribution in [2.75, 3.05) is 19.0 Å². The average Bonchev–Trinajstić information content (AvgIpc) is 2.86. The largest absolute Gasteiger partial charge is 0.465 e. The summed E-state index contributed by atoms with van der Waals surface area (Å²) in [4.78, 5) is 24.2. The highest BCUT2D eigenvalue weighted by Gasteiger charge is 2.30. The molecule has 1 N–H and O–H groups in total. The summed E-state index contributed by atoms with van der Waals surface area (Å²) in [5.41, 5.74) is 1.68. The number of esters is 2. The smallest absolute Gasteiger partial charge is 0.348 e. The van der Waals surface area contributed by atoms with E-state index in [2.05, 4.69) is 0 Å². The Morgan fingerprint density at radius 1 is 1.32 bits per heavy atom. The summed E-state index contributed by atoms with van der Waals surface area (Å²) in [6.07, 6.45) is 1.71. The van der Waals surface area contributed by atoms with Crippen LogP contribution in [0.4, 0.5) is 0 Å². The van der Waals surface area contributed by atoms with Crippen molar-refractivity contribution in [3.8, 4) is 0 Å². The number of hydrogen-bond donors (Lipinski definition) is 1. The van der Waals surface area contributed by atoms with E-state index in [0.717, 1.165) is 28.2 Å². The maximum Gasteiger partial charge on any atom is 0.348 e. The minimum atomic E-state index is -0.576. The Morgan fingerprint density at radius 3 is 2.73 bits per heavy atom. The monoisotopic (exact) mass is 344 g/mol. The Hall–Kier alpha value is -1.05. The highest BCUT2D eigenvalue weighted by molar-refractivity contribution is 8.01. The summed E-state index contributed by atoms with van der Waals surface area (Å²) in [6, 6.07) is 0. The molecule has 0 bridgehead atoms. The van der Waals surface area contributed by atoms with Crippen LogP contribution >= 0.6 is 23.1 Å². The Balaban J connectivity index is 2.25. The SMILES string of the molecule is CCOC(=O)CSc1sc(C(=O)OCC)c2c1C(O)CCC2. The maximum absolute atomic E-state index is 12.1. The molecular weight excluding hydrogens is 324 g/mol. The Labute approximate surface area is 138 Å². The van der Waals surface area contributed by atoms with Gasteiger partial charge in [-0.05, 0) is 38.7 Å². The van der Waals surface area contributed by atoms with Crippen molar-refractivity contribution in [1.82, 2.24) is 0 Å². The van der Waals surface area contributed by atoms with Gasteiger partial charge in [0.1, 0.15) is 4.88 Å². The molecule has 0 amide bonds. The minimum Gasteiger partial charge on any atom is -0.465 e. The van der Waals surface area contributed by atoms with Crippen LogP contribution in [0.25, 0.3) is 0 Å². The van der Waals surface area contributed by atoms with Crippen LogP contribution in [0.2, 0.25) is 0 Å². The van der Waals surface area contributed by atoms with E-state index >= 15 is 0 Å². The van der Waals surface area contributed by atoms with E-state index in [0.29, 0.717) is 24.5 Å². The lowest BCUT2D eigenvalue weighted by molar-refractivity contribution is -0.139. The quantitative estimate of drug-likeness (QED) is 0.632. The molecule has 1 aliphatic carbocycles. The van der Waals surface area contributed by atoms with E-state index in [1.54, 1.807) is 13.8 Å². The second-order valence-corrected chi connectivity index (χ2v) is 7.10. The van der Waals surface area contributed by atoms with Gasteiger partial charge in [0.05, 0.1) is 29.3 Å². The van der Waals surface area contributed by atoms with Gasteiger partial charge in [0.25, 0.3) is 0 Å². The second-order valence-electron chi connectivity index (χ2n) is 4.83. The van der Waals surface area contributed by atoms with Gasteiger partial charge in [-0.15, -0.1) is 23.1 Å². The number of hydrogen-bond acceptors (Lipinski definition) is 7. The third-order valence-electron chi connectivity index (χ3n) is 3.34. The summed E-state index contributed by atoms with van der Waals surface area (Å²) in [7, 11) is 0. The average molecular weight is 344 g/mol. The molecule has 0 saturated heterocycles. The number of carbonyl (C=O) groups excluding carboxylic acids is 2. The van der Waals surface area contributed by atoms with Crippen LogP contribution in [0, 0.1) is 0 Å². The molecule has 0 aliphatic heterocycles. The van der Waals surface area contributed by atoms with E-state index in [-0.39, 0.29) is 17.7 Å². The van der Waals surface area contributed by atoms with Crippen molar-refractivity contribution in [3.05, 3.63) is 16.0 Å². The zero-order valence-electron chi connectivity index (χ0n) is 12.7. The third-order valence-corrected chi connectivity index (χ3v) is 5.83. The van der Waals surface area contributed by atoms with Gasteiger partial charge in [0, 0.05) is 5.56 Å². The number of aliphatic hydroxyl groups excluding tert-OH is 1. The van der Waals surface area contributed by atoms with E-state index in [9.17, 15) is 14.7 Å². The number of thiophene rings is 1. The van der Waals surface area contributed by atoms with Gasteiger partial charge >= 0.3 is 11.9 Å². The van der Waals surface area contributed by atoms with Crippen LogP contribution in [-0.4, -0.2) is 36.0 Å². The standard InChI is InChI=1S/C15H20O5S2/c1-3-19-11(17)8-21-15-12-9(6-5-7-10(12)16)13(22-15)14(18)20-4-2/h10,16H,3-8H2,1-2H3. The summed E-state index contributed by atoms with van der Waals surface area (Å²) >= 11 is 2.63. The molecule has 7 heteroatoms. The van der Waals surface area contributed by atoms with Crippen molar-refractivity contribution in [1.29, 1.82) is 0 Å². The maximum atomic E-state index is 12.1. The van der Waals surface area contributed by atoms with Crippen LogP contribution in [0.5, 0.6) is 0 Å². The lowest BCUT2D eigenvalue weighted by Crippen LogP contribution is -2.12. The molecule has 1 atom stereocenters. The Morgan fingerprint density at radius 2 is 2.05 bits per heavy atom. The van der Waals surface area contributed by atoms with Gasteiger partial charge < -0.3 is 14.6 Å². The molecule has 1 unspecified atom stereocenters. The van der Waals surface area contributed by atoms with E-state index < -0.39 is 6.10 Å². The number of thioether (sulfide) groups is 1. The van der Waals surface area contributed by atoms with Gasteiger partial charge in [-0.2, -0.15) is 0 Å². The van der Waals surface area contributed by atoms with Crippen LogP contribution in [0.3, 0.4) is 0 Å². The molecule has 1 heterocycles. The van der Waals surface area contributed by atoms with Crippen LogP contribution in [-0.2, 0) is 20.7 Å². The molecule has 1 aromatic heterocycles. The van der Waals surface area contributed by atoms with Crippen molar-refractivity contribution in [2.24, 2.45) is 0 Å². The molecule has 122 valence electrons. The lowest BCUT2D eigenvalue weighted by Gasteiger charge is -2.19. The molecule has 1 aliphatic rings. The molecular formula is C15H20O5S2. The predicted molar refractivity (Wildman–Crippen MR) is 85.5 cm³/mol. The van der Waals surface area contributed by atoms with Crippen LogP contribution in [0.15, 0.2) is 4.21 Å². The topological polar surface area (TPSA) is 72.8 Å². The Kier molecular flexibility index (Phi) is 6.28. The Bertz CT molecular complexity index is 552. The first kappa shape index (κ1) is 17.3. The van der Waals surface area contributed by atoms with Crippen molar-refractivity contribution in [3.63, 3.8) is 0 Å². The van der Waals surface area contributed by atoms with Gasteiger partial charge in [-0.1, -0.05) is 0 Å². The highest BCUT2D eigenvalue weighted by Crippen LogP contribution is 2.44. The van der Waals surface area contributed by atoms with Gasteiger partial charge in [0.2, 0.25) is 0 Å². The first-order valence-electron chi connectivity index (χ1n) is 7.37. The van der Waals surface area contributed by atoms with E-state index in [1.165, 1.54) is 23.1 Å². The molecule has 2 rings (SSSR count). The lowest BCUT2D eigenvalue weighted by atomic mass is 9.91. The van der Waals surface area contributed by atoms with Gasteiger partial charge in [-0.25, -0.2) is 4.79 Å². The highest BCUT2D eigenvalue weighted by atomic mass is 32.2. The molecule has 1 aromatic rings. The fourth-order valence-corrected chi connectivity index (χ4v) is 4.89. The van der Waals surface area contributed by atoms with Gasteiger partial charge in [0.15, 0.2) is 0 Å². The zero-order valence-corrected chi connectivity index (χ0v) is 14.3. The first-order chi connectivity index (χ1) is 10.6. The summed E-state index contributed by atoms with van der Waals surface area (Å²) in [5.74, 6) is -0.464. The molecule has 5 nitrogen and oxygen atoms in total. The molecule has 0 aromatic carbocycles. The zero-order chi connectivity index (χ0) is 16.1.